The van der Waals surface area contributed by atoms with Crippen LogP contribution in [0.1, 0.15) is 30.0 Å². The Morgan fingerprint density at radius 1 is 0.960 bits per heavy atom. The lowest BCUT2D eigenvalue weighted by Crippen LogP contribution is -2.33. The molecule has 0 aromatic heterocycles. The standard InChI is InChI=1S/C21H26N2O2/c1-16-13-17(2)15-20(14-16)22-21(25)10-12-23(18(3)24)11-9-19-7-5-4-6-8-19/h4-8,13-15H,9-12H2,1-3H3,(H,22,25). The first kappa shape index (κ1) is 18.7. The number of aryl methyl sites for hydroxylation is 2. The number of benzene rings is 2. The van der Waals surface area contributed by atoms with Crippen LogP contribution < -0.4 is 5.32 Å². The zero-order valence-electron chi connectivity index (χ0n) is 15.2. The molecule has 2 aromatic rings. The van der Waals surface area contributed by atoms with Crippen LogP contribution in [-0.4, -0.2) is 29.8 Å². The molecule has 0 spiro atoms. The van der Waals surface area contributed by atoms with E-state index >= 15 is 0 Å². The van der Waals surface area contributed by atoms with E-state index in [-0.39, 0.29) is 11.8 Å². The van der Waals surface area contributed by atoms with Gasteiger partial charge in [-0.05, 0) is 49.1 Å². The topological polar surface area (TPSA) is 49.4 Å². The second-order valence-corrected chi connectivity index (χ2v) is 6.42. The lowest BCUT2D eigenvalue weighted by Gasteiger charge is -2.21. The molecule has 0 unspecified atom stereocenters. The zero-order valence-corrected chi connectivity index (χ0v) is 15.2. The van der Waals surface area contributed by atoms with Gasteiger partial charge >= 0.3 is 0 Å². The smallest absolute Gasteiger partial charge is 0.226 e. The lowest BCUT2D eigenvalue weighted by atomic mass is 10.1. The van der Waals surface area contributed by atoms with Crippen molar-refractivity contribution in [3.05, 3.63) is 65.2 Å². The predicted octanol–water partition coefficient (Wildman–Crippen LogP) is 3.72. The van der Waals surface area contributed by atoms with E-state index in [1.54, 1.807) is 11.8 Å². The van der Waals surface area contributed by atoms with Gasteiger partial charge in [-0.25, -0.2) is 0 Å². The van der Waals surface area contributed by atoms with E-state index in [1.165, 1.54) is 5.56 Å². The molecule has 2 rings (SSSR count). The lowest BCUT2D eigenvalue weighted by molar-refractivity contribution is -0.129. The number of nitrogens with one attached hydrogen (secondary N) is 1. The normalized spacial score (nSPS) is 10.4. The maximum absolute atomic E-state index is 12.2. The number of anilines is 1. The summed E-state index contributed by atoms with van der Waals surface area (Å²) in [7, 11) is 0. The molecule has 2 aromatic carbocycles. The van der Waals surface area contributed by atoms with Crippen molar-refractivity contribution in [1.82, 2.24) is 4.90 Å². The summed E-state index contributed by atoms with van der Waals surface area (Å²) in [5.74, 6) is -0.0777. The van der Waals surface area contributed by atoms with Crippen molar-refractivity contribution in [2.45, 2.75) is 33.6 Å². The van der Waals surface area contributed by atoms with Gasteiger partial charge < -0.3 is 10.2 Å². The highest BCUT2D eigenvalue weighted by molar-refractivity contribution is 5.91. The summed E-state index contributed by atoms with van der Waals surface area (Å²) in [6.45, 7) is 6.61. The second kappa shape index (κ2) is 9.02. The molecule has 0 atom stereocenters. The van der Waals surface area contributed by atoms with E-state index in [1.807, 2.05) is 56.3 Å². The summed E-state index contributed by atoms with van der Waals surface area (Å²) in [5.41, 5.74) is 4.22. The van der Waals surface area contributed by atoms with Gasteiger partial charge in [0.1, 0.15) is 0 Å². The molecule has 0 radical (unpaired) electrons. The highest BCUT2D eigenvalue weighted by Gasteiger charge is 2.11. The SMILES string of the molecule is CC(=O)N(CCC(=O)Nc1cc(C)cc(C)c1)CCc1ccccc1. The van der Waals surface area contributed by atoms with Crippen LogP contribution in [0.5, 0.6) is 0 Å². The third-order valence-electron chi connectivity index (χ3n) is 4.07. The van der Waals surface area contributed by atoms with Gasteiger partial charge in [0, 0.05) is 32.1 Å². The highest BCUT2D eigenvalue weighted by Crippen LogP contribution is 2.14. The fourth-order valence-electron chi connectivity index (χ4n) is 2.84. The highest BCUT2D eigenvalue weighted by atomic mass is 16.2. The van der Waals surface area contributed by atoms with Crippen molar-refractivity contribution in [3.8, 4) is 0 Å². The Balaban J connectivity index is 1.85. The van der Waals surface area contributed by atoms with Crippen LogP contribution in [0, 0.1) is 13.8 Å². The number of carbonyl (C=O) groups excluding carboxylic acids is 2. The molecule has 25 heavy (non-hydrogen) atoms. The summed E-state index contributed by atoms with van der Waals surface area (Å²) in [6.07, 6.45) is 1.08. The minimum absolute atomic E-state index is 0.00451. The van der Waals surface area contributed by atoms with Crippen molar-refractivity contribution in [1.29, 1.82) is 0 Å². The molecule has 0 heterocycles. The third-order valence-corrected chi connectivity index (χ3v) is 4.07. The first-order valence-corrected chi connectivity index (χ1v) is 8.61. The molecule has 4 nitrogen and oxygen atoms in total. The Labute approximate surface area is 149 Å². The van der Waals surface area contributed by atoms with E-state index < -0.39 is 0 Å². The van der Waals surface area contributed by atoms with E-state index in [4.69, 9.17) is 0 Å². The molecular formula is C21H26N2O2. The molecular weight excluding hydrogens is 312 g/mol. The van der Waals surface area contributed by atoms with Gasteiger partial charge in [-0.15, -0.1) is 0 Å². The van der Waals surface area contributed by atoms with Crippen molar-refractivity contribution >= 4 is 17.5 Å². The largest absolute Gasteiger partial charge is 0.342 e. The van der Waals surface area contributed by atoms with Gasteiger partial charge in [-0.1, -0.05) is 36.4 Å². The van der Waals surface area contributed by atoms with Gasteiger partial charge in [0.05, 0.1) is 0 Å². The molecule has 0 saturated carbocycles. The fraction of sp³-hybridized carbons (Fsp3) is 0.333. The Morgan fingerprint density at radius 2 is 1.60 bits per heavy atom. The molecule has 1 N–H and O–H groups in total. The Hall–Kier alpha value is -2.62. The number of hydrogen-bond donors (Lipinski definition) is 1. The van der Waals surface area contributed by atoms with Crippen LogP contribution in [0.25, 0.3) is 0 Å². The van der Waals surface area contributed by atoms with Crippen LogP contribution >= 0.6 is 0 Å². The summed E-state index contributed by atoms with van der Waals surface area (Å²) in [4.78, 5) is 25.7. The summed E-state index contributed by atoms with van der Waals surface area (Å²) in [5, 5.41) is 2.91. The molecule has 0 aliphatic rings. The molecule has 132 valence electrons. The van der Waals surface area contributed by atoms with Crippen molar-refractivity contribution in [2.24, 2.45) is 0 Å². The van der Waals surface area contributed by atoms with E-state index in [9.17, 15) is 9.59 Å². The first-order chi connectivity index (χ1) is 11.9. The van der Waals surface area contributed by atoms with Crippen molar-refractivity contribution in [3.63, 3.8) is 0 Å². The number of nitrogens with zero attached hydrogens (tertiary/aromatic N) is 1. The molecule has 0 saturated heterocycles. The molecule has 4 heteroatoms. The second-order valence-electron chi connectivity index (χ2n) is 6.42. The quantitative estimate of drug-likeness (QED) is 0.836. The maximum Gasteiger partial charge on any atom is 0.226 e. The van der Waals surface area contributed by atoms with Crippen molar-refractivity contribution < 1.29 is 9.59 Å². The van der Waals surface area contributed by atoms with E-state index in [0.717, 1.165) is 23.2 Å². The maximum atomic E-state index is 12.2. The first-order valence-electron chi connectivity index (χ1n) is 8.61. The third kappa shape index (κ3) is 6.42. The minimum atomic E-state index is -0.0732. The van der Waals surface area contributed by atoms with Gasteiger partial charge in [0.15, 0.2) is 0 Å². The average molecular weight is 338 g/mol. The number of hydrogen-bond acceptors (Lipinski definition) is 2. The van der Waals surface area contributed by atoms with E-state index in [2.05, 4.69) is 11.4 Å². The molecule has 0 aliphatic heterocycles. The summed E-state index contributed by atoms with van der Waals surface area (Å²) in [6, 6.07) is 16.0. The van der Waals surface area contributed by atoms with Crippen LogP contribution in [0.15, 0.2) is 48.5 Å². The Morgan fingerprint density at radius 3 is 2.20 bits per heavy atom. The van der Waals surface area contributed by atoms with Crippen LogP contribution in [0.3, 0.4) is 0 Å². The predicted molar refractivity (Wildman–Crippen MR) is 102 cm³/mol. The summed E-state index contributed by atoms with van der Waals surface area (Å²) < 4.78 is 0. The fourth-order valence-corrected chi connectivity index (χ4v) is 2.84. The zero-order chi connectivity index (χ0) is 18.2. The molecule has 0 aliphatic carbocycles. The molecule has 0 fully saturated rings. The molecule has 0 bridgehead atoms. The Kier molecular flexibility index (Phi) is 6.75. The molecule has 2 amide bonds. The average Bonchev–Trinajstić information content (AvgIpc) is 2.54. The van der Waals surface area contributed by atoms with Crippen LogP contribution in [0.2, 0.25) is 0 Å². The van der Waals surface area contributed by atoms with Gasteiger partial charge in [0.2, 0.25) is 11.8 Å². The van der Waals surface area contributed by atoms with Crippen LogP contribution in [-0.2, 0) is 16.0 Å². The monoisotopic (exact) mass is 338 g/mol. The van der Waals surface area contributed by atoms with Crippen LogP contribution in [0.4, 0.5) is 5.69 Å². The van der Waals surface area contributed by atoms with Gasteiger partial charge in [0.25, 0.3) is 0 Å². The van der Waals surface area contributed by atoms with Crippen molar-refractivity contribution in [2.75, 3.05) is 18.4 Å². The Bertz CT molecular complexity index is 706. The van der Waals surface area contributed by atoms with Gasteiger partial charge in [-0.3, -0.25) is 9.59 Å². The minimum Gasteiger partial charge on any atom is -0.342 e. The number of amides is 2. The van der Waals surface area contributed by atoms with Gasteiger partial charge in [-0.2, -0.15) is 0 Å². The number of rotatable bonds is 7. The summed E-state index contributed by atoms with van der Waals surface area (Å²) >= 11 is 0. The number of carbonyl (C=O) groups is 2. The van der Waals surface area contributed by atoms with E-state index in [0.29, 0.717) is 19.5 Å².